The van der Waals surface area contributed by atoms with E-state index in [9.17, 15) is 14.4 Å². The number of rotatable bonds is 8. The standard InChI is InChI=1S/C26H29N3O4/c1-19-9-11-20(12-10-19)33-16-13-27-24(30)18-29-17-22(21-7-3-4-8-23(21)29)25(31)26(32)28-14-5-2-6-15-28/h3-4,7-12,17H,2,5-6,13-16,18H2,1H3,(H,27,30). The largest absolute Gasteiger partial charge is 0.492 e. The zero-order chi connectivity index (χ0) is 23.2. The lowest BCUT2D eigenvalue weighted by molar-refractivity contribution is -0.127. The van der Waals surface area contributed by atoms with Crippen LogP contribution in [0, 0.1) is 6.92 Å². The van der Waals surface area contributed by atoms with Crippen molar-refractivity contribution < 1.29 is 19.1 Å². The number of nitrogens with one attached hydrogen (secondary N) is 1. The Balaban J connectivity index is 1.39. The molecular formula is C26H29N3O4. The van der Waals surface area contributed by atoms with E-state index in [4.69, 9.17) is 4.74 Å². The van der Waals surface area contributed by atoms with Crippen LogP contribution in [0.25, 0.3) is 10.9 Å². The molecular weight excluding hydrogens is 418 g/mol. The Bertz CT molecular complexity index is 1140. The van der Waals surface area contributed by atoms with Gasteiger partial charge >= 0.3 is 0 Å². The van der Waals surface area contributed by atoms with E-state index in [1.54, 1.807) is 15.7 Å². The maximum atomic E-state index is 13.0. The van der Waals surface area contributed by atoms with Crippen molar-refractivity contribution in [3.63, 3.8) is 0 Å². The lowest BCUT2D eigenvalue weighted by Crippen LogP contribution is -2.40. The van der Waals surface area contributed by atoms with Gasteiger partial charge in [0.2, 0.25) is 5.91 Å². The third-order valence-electron chi connectivity index (χ3n) is 5.90. The lowest BCUT2D eigenvalue weighted by Gasteiger charge is -2.25. The Hall–Kier alpha value is -3.61. The average Bonchev–Trinajstić information content (AvgIpc) is 3.21. The molecule has 0 bridgehead atoms. The van der Waals surface area contributed by atoms with Crippen LogP contribution in [0.15, 0.2) is 54.7 Å². The highest BCUT2D eigenvalue weighted by molar-refractivity contribution is 6.44. The Morgan fingerprint density at radius 2 is 1.70 bits per heavy atom. The number of aromatic nitrogens is 1. The van der Waals surface area contributed by atoms with Gasteiger partial charge < -0.3 is 19.5 Å². The molecule has 1 aromatic heterocycles. The van der Waals surface area contributed by atoms with Crippen LogP contribution in [0.4, 0.5) is 0 Å². The number of aryl methyl sites for hydroxylation is 1. The molecule has 1 saturated heterocycles. The van der Waals surface area contributed by atoms with E-state index in [0.29, 0.717) is 37.2 Å². The first-order valence-corrected chi connectivity index (χ1v) is 11.4. The number of ketones is 1. The average molecular weight is 448 g/mol. The fourth-order valence-electron chi connectivity index (χ4n) is 4.12. The van der Waals surface area contributed by atoms with Crippen molar-refractivity contribution in [1.29, 1.82) is 0 Å². The Morgan fingerprint density at radius 3 is 2.45 bits per heavy atom. The first kappa shape index (κ1) is 22.6. The molecule has 0 atom stereocenters. The fraction of sp³-hybridized carbons (Fsp3) is 0.346. The molecule has 0 aliphatic carbocycles. The van der Waals surface area contributed by atoms with E-state index in [1.807, 2.05) is 55.5 Å². The molecule has 1 fully saturated rings. The third-order valence-corrected chi connectivity index (χ3v) is 5.90. The topological polar surface area (TPSA) is 80.6 Å². The first-order valence-electron chi connectivity index (χ1n) is 11.4. The van der Waals surface area contributed by atoms with Crippen LogP contribution in [0.5, 0.6) is 5.75 Å². The Morgan fingerprint density at radius 1 is 0.970 bits per heavy atom. The third kappa shape index (κ3) is 5.42. The second-order valence-electron chi connectivity index (χ2n) is 8.38. The molecule has 1 N–H and O–H groups in total. The van der Waals surface area contributed by atoms with Gasteiger partial charge in [0.05, 0.1) is 12.1 Å². The van der Waals surface area contributed by atoms with Gasteiger partial charge in [-0.15, -0.1) is 0 Å². The van der Waals surface area contributed by atoms with Crippen LogP contribution >= 0.6 is 0 Å². The van der Waals surface area contributed by atoms with Crippen molar-refractivity contribution in [1.82, 2.24) is 14.8 Å². The number of carbonyl (C=O) groups is 3. The lowest BCUT2D eigenvalue weighted by atomic mass is 10.1. The summed E-state index contributed by atoms with van der Waals surface area (Å²) in [5.41, 5.74) is 2.25. The van der Waals surface area contributed by atoms with Crippen molar-refractivity contribution >= 4 is 28.5 Å². The second kappa shape index (κ2) is 10.3. The minimum Gasteiger partial charge on any atom is -0.492 e. The molecule has 0 spiro atoms. The fourth-order valence-corrected chi connectivity index (χ4v) is 4.12. The van der Waals surface area contributed by atoms with Crippen molar-refractivity contribution in [2.75, 3.05) is 26.2 Å². The molecule has 1 aliphatic heterocycles. The van der Waals surface area contributed by atoms with Crippen molar-refractivity contribution in [2.24, 2.45) is 0 Å². The quantitative estimate of drug-likeness (QED) is 0.326. The molecule has 33 heavy (non-hydrogen) atoms. The number of benzene rings is 2. The molecule has 2 amide bonds. The van der Waals surface area contributed by atoms with E-state index in [2.05, 4.69) is 5.32 Å². The van der Waals surface area contributed by atoms with Crippen LogP contribution in [-0.4, -0.2) is 53.3 Å². The molecule has 1 aliphatic rings. The summed E-state index contributed by atoms with van der Waals surface area (Å²) in [7, 11) is 0. The number of hydrogen-bond donors (Lipinski definition) is 1. The molecule has 0 radical (unpaired) electrons. The molecule has 2 aromatic carbocycles. The number of carbonyl (C=O) groups excluding carboxylic acids is 3. The molecule has 0 unspecified atom stereocenters. The summed E-state index contributed by atoms with van der Waals surface area (Å²) in [6.45, 7) is 4.03. The smallest absolute Gasteiger partial charge is 0.295 e. The number of Topliss-reactive ketones (excluding diaryl/α,β-unsaturated/α-hetero) is 1. The summed E-state index contributed by atoms with van der Waals surface area (Å²) >= 11 is 0. The Labute approximate surface area is 193 Å². The van der Waals surface area contributed by atoms with Crippen LogP contribution < -0.4 is 10.1 Å². The van der Waals surface area contributed by atoms with E-state index in [0.717, 1.165) is 36.1 Å². The summed E-state index contributed by atoms with van der Waals surface area (Å²) in [6.07, 6.45) is 4.56. The van der Waals surface area contributed by atoms with Gasteiger partial charge in [0.1, 0.15) is 18.9 Å². The van der Waals surface area contributed by atoms with Gasteiger partial charge in [-0.05, 0) is 44.4 Å². The van der Waals surface area contributed by atoms with Gasteiger partial charge in [0.15, 0.2) is 0 Å². The number of piperidine rings is 1. The van der Waals surface area contributed by atoms with Gasteiger partial charge in [-0.1, -0.05) is 35.9 Å². The van der Waals surface area contributed by atoms with E-state index < -0.39 is 11.7 Å². The van der Waals surface area contributed by atoms with E-state index >= 15 is 0 Å². The zero-order valence-corrected chi connectivity index (χ0v) is 18.9. The number of nitrogens with zero attached hydrogens (tertiary/aromatic N) is 2. The molecule has 7 heteroatoms. The minimum atomic E-state index is -0.515. The first-order chi connectivity index (χ1) is 16.0. The van der Waals surface area contributed by atoms with Crippen LogP contribution in [0.3, 0.4) is 0 Å². The van der Waals surface area contributed by atoms with E-state index in [-0.39, 0.29) is 12.5 Å². The van der Waals surface area contributed by atoms with Crippen molar-refractivity contribution in [3.8, 4) is 5.75 Å². The maximum absolute atomic E-state index is 13.0. The number of para-hydroxylation sites is 1. The minimum absolute atomic E-state index is 0.0518. The number of hydrogen-bond acceptors (Lipinski definition) is 4. The van der Waals surface area contributed by atoms with Gasteiger partial charge in [-0.25, -0.2) is 0 Å². The Kier molecular flexibility index (Phi) is 7.07. The van der Waals surface area contributed by atoms with Gasteiger partial charge in [-0.3, -0.25) is 14.4 Å². The normalized spacial score (nSPS) is 13.7. The summed E-state index contributed by atoms with van der Waals surface area (Å²) in [5, 5.41) is 3.53. The number of amides is 2. The molecule has 0 saturated carbocycles. The predicted octanol–water partition coefficient (Wildman–Crippen LogP) is 3.34. The summed E-state index contributed by atoms with van der Waals surface area (Å²) < 4.78 is 7.37. The highest BCUT2D eigenvalue weighted by atomic mass is 16.5. The predicted molar refractivity (Wildman–Crippen MR) is 126 cm³/mol. The van der Waals surface area contributed by atoms with Crippen LogP contribution in [0.1, 0.15) is 35.2 Å². The second-order valence-corrected chi connectivity index (χ2v) is 8.38. The number of fused-ring (bicyclic) bond motifs is 1. The van der Waals surface area contributed by atoms with Gasteiger partial charge in [0.25, 0.3) is 11.7 Å². The molecule has 3 aromatic rings. The molecule has 2 heterocycles. The summed E-state index contributed by atoms with van der Waals surface area (Å²) in [5.74, 6) is -0.411. The van der Waals surface area contributed by atoms with Crippen LogP contribution in [0.2, 0.25) is 0 Å². The van der Waals surface area contributed by atoms with Crippen molar-refractivity contribution in [3.05, 3.63) is 65.9 Å². The highest BCUT2D eigenvalue weighted by Crippen LogP contribution is 2.23. The van der Waals surface area contributed by atoms with Crippen LogP contribution in [-0.2, 0) is 16.1 Å². The SMILES string of the molecule is Cc1ccc(OCCNC(=O)Cn2cc(C(=O)C(=O)N3CCCCC3)c3ccccc32)cc1. The molecule has 4 rings (SSSR count). The van der Waals surface area contributed by atoms with Gasteiger partial charge in [-0.2, -0.15) is 0 Å². The monoisotopic (exact) mass is 447 g/mol. The summed E-state index contributed by atoms with van der Waals surface area (Å²) in [6, 6.07) is 15.1. The number of ether oxygens (including phenoxy) is 1. The van der Waals surface area contributed by atoms with Crippen molar-refractivity contribution in [2.45, 2.75) is 32.7 Å². The molecule has 172 valence electrons. The summed E-state index contributed by atoms with van der Waals surface area (Å²) in [4.78, 5) is 39.9. The van der Waals surface area contributed by atoms with E-state index in [1.165, 1.54) is 0 Å². The molecule has 7 nitrogen and oxygen atoms in total. The number of likely N-dealkylation sites (tertiary alicyclic amines) is 1. The van der Waals surface area contributed by atoms with Gasteiger partial charge in [0, 0.05) is 30.2 Å². The highest BCUT2D eigenvalue weighted by Gasteiger charge is 2.27. The maximum Gasteiger partial charge on any atom is 0.295 e. The zero-order valence-electron chi connectivity index (χ0n) is 18.9.